The molecule has 64 valence electrons. The van der Waals surface area contributed by atoms with Crippen LogP contribution < -0.4 is 0 Å². The van der Waals surface area contributed by atoms with Gasteiger partial charge in [0.15, 0.2) is 0 Å². The lowest BCUT2D eigenvalue weighted by Gasteiger charge is -2.07. The molecule has 0 aromatic carbocycles. The largest absolute Gasteiger partial charge is 0.387 e. The molecule has 1 N–H and O–H groups in total. The first kappa shape index (κ1) is 7.74. The highest BCUT2D eigenvalue weighted by Gasteiger charge is 2.25. The van der Waals surface area contributed by atoms with Crippen molar-refractivity contribution in [1.82, 2.24) is 4.98 Å². The summed E-state index contributed by atoms with van der Waals surface area (Å²) in [6.07, 6.45) is 4.83. The summed E-state index contributed by atoms with van der Waals surface area (Å²) < 4.78 is 0. The van der Waals surface area contributed by atoms with Crippen LogP contribution in [0.25, 0.3) is 0 Å². The number of aromatic nitrogens is 1. The summed E-state index contributed by atoms with van der Waals surface area (Å²) in [6, 6.07) is 5.67. The normalized spacial score (nSPS) is 19.1. The highest BCUT2D eigenvalue weighted by Crippen LogP contribution is 2.36. The van der Waals surface area contributed by atoms with E-state index in [0.29, 0.717) is 0 Å². The zero-order valence-corrected chi connectivity index (χ0v) is 6.98. The highest BCUT2D eigenvalue weighted by molar-refractivity contribution is 5.07. The van der Waals surface area contributed by atoms with E-state index >= 15 is 0 Å². The fraction of sp³-hybridized carbons (Fsp3) is 0.500. The Labute approximate surface area is 72.3 Å². The Kier molecular flexibility index (Phi) is 2.09. The van der Waals surface area contributed by atoms with Crippen molar-refractivity contribution in [1.29, 1.82) is 0 Å². The molecule has 0 unspecified atom stereocenters. The maximum absolute atomic E-state index is 9.67. The predicted octanol–water partition coefficient (Wildman–Crippen LogP) is 1.92. The summed E-state index contributed by atoms with van der Waals surface area (Å²) in [5.74, 6) is 0.752. The van der Waals surface area contributed by atoms with Crippen molar-refractivity contribution in [2.24, 2.45) is 5.92 Å². The second-order valence-corrected chi connectivity index (χ2v) is 3.45. The zero-order chi connectivity index (χ0) is 8.39. The molecule has 0 saturated heterocycles. The molecule has 12 heavy (non-hydrogen) atoms. The number of rotatable bonds is 3. The molecule has 0 amide bonds. The molecule has 1 atom stereocenters. The van der Waals surface area contributed by atoms with E-state index in [0.717, 1.165) is 18.0 Å². The fourth-order valence-electron chi connectivity index (χ4n) is 1.36. The molecule has 0 bridgehead atoms. The molecule has 0 radical (unpaired) electrons. The Hall–Kier alpha value is -0.890. The van der Waals surface area contributed by atoms with Crippen LogP contribution in [0.1, 0.15) is 31.1 Å². The number of aliphatic hydroxyl groups excluding tert-OH is 1. The van der Waals surface area contributed by atoms with Gasteiger partial charge >= 0.3 is 0 Å². The quantitative estimate of drug-likeness (QED) is 0.738. The monoisotopic (exact) mass is 163 g/mol. The summed E-state index contributed by atoms with van der Waals surface area (Å²) >= 11 is 0. The van der Waals surface area contributed by atoms with Gasteiger partial charge in [0.05, 0.1) is 11.8 Å². The van der Waals surface area contributed by atoms with Crippen LogP contribution in [0.3, 0.4) is 0 Å². The van der Waals surface area contributed by atoms with E-state index in [9.17, 15) is 5.11 Å². The van der Waals surface area contributed by atoms with Gasteiger partial charge in [0.25, 0.3) is 0 Å². The summed E-state index contributed by atoms with van der Waals surface area (Å²) in [7, 11) is 0. The van der Waals surface area contributed by atoms with Crippen molar-refractivity contribution in [3.05, 3.63) is 30.1 Å². The van der Waals surface area contributed by atoms with Crippen molar-refractivity contribution in [2.75, 3.05) is 0 Å². The van der Waals surface area contributed by atoms with E-state index in [1.54, 1.807) is 6.20 Å². The molecule has 1 aromatic rings. The third-order valence-electron chi connectivity index (χ3n) is 2.28. The van der Waals surface area contributed by atoms with Crippen molar-refractivity contribution >= 4 is 0 Å². The minimum atomic E-state index is -0.348. The number of hydrogen-bond donors (Lipinski definition) is 1. The third-order valence-corrected chi connectivity index (χ3v) is 2.28. The molecule has 1 saturated carbocycles. The molecule has 2 nitrogen and oxygen atoms in total. The molecule has 1 heterocycles. The minimum absolute atomic E-state index is 0.348. The zero-order valence-electron chi connectivity index (χ0n) is 6.98. The van der Waals surface area contributed by atoms with Gasteiger partial charge in [-0.05, 0) is 24.5 Å². The molecular formula is C10H13NO. The lowest BCUT2D eigenvalue weighted by Crippen LogP contribution is -2.00. The Morgan fingerprint density at radius 3 is 2.92 bits per heavy atom. The van der Waals surface area contributed by atoms with E-state index in [1.165, 1.54) is 12.8 Å². The Balaban J connectivity index is 1.98. The van der Waals surface area contributed by atoms with E-state index in [2.05, 4.69) is 4.98 Å². The molecule has 2 rings (SSSR count). The van der Waals surface area contributed by atoms with Gasteiger partial charge in [0.2, 0.25) is 0 Å². The van der Waals surface area contributed by atoms with Gasteiger partial charge in [-0.15, -0.1) is 0 Å². The summed E-state index contributed by atoms with van der Waals surface area (Å²) in [5.41, 5.74) is 0.810. The summed E-state index contributed by atoms with van der Waals surface area (Å²) in [5, 5.41) is 9.67. The Morgan fingerprint density at radius 2 is 2.33 bits per heavy atom. The molecule has 1 fully saturated rings. The first-order valence-corrected chi connectivity index (χ1v) is 4.45. The van der Waals surface area contributed by atoms with E-state index < -0.39 is 0 Å². The van der Waals surface area contributed by atoms with Crippen LogP contribution in [-0.2, 0) is 0 Å². The van der Waals surface area contributed by atoms with Crippen molar-refractivity contribution in [3.63, 3.8) is 0 Å². The van der Waals surface area contributed by atoms with Gasteiger partial charge in [-0.2, -0.15) is 0 Å². The van der Waals surface area contributed by atoms with Crippen LogP contribution in [0.5, 0.6) is 0 Å². The van der Waals surface area contributed by atoms with Gasteiger partial charge in [-0.25, -0.2) is 0 Å². The maximum Gasteiger partial charge on any atom is 0.0962 e. The van der Waals surface area contributed by atoms with Crippen LogP contribution in [0.2, 0.25) is 0 Å². The Bertz CT molecular complexity index is 243. The molecule has 1 aliphatic rings. The second-order valence-electron chi connectivity index (χ2n) is 3.45. The maximum atomic E-state index is 9.67. The van der Waals surface area contributed by atoms with Crippen LogP contribution in [0, 0.1) is 5.92 Å². The summed E-state index contributed by atoms with van der Waals surface area (Å²) in [6.45, 7) is 0. The first-order valence-electron chi connectivity index (χ1n) is 4.45. The lowest BCUT2D eigenvalue weighted by atomic mass is 10.1. The lowest BCUT2D eigenvalue weighted by molar-refractivity contribution is 0.155. The predicted molar refractivity (Wildman–Crippen MR) is 46.5 cm³/mol. The van der Waals surface area contributed by atoms with Crippen molar-refractivity contribution in [2.45, 2.75) is 25.4 Å². The Morgan fingerprint density at radius 1 is 1.50 bits per heavy atom. The van der Waals surface area contributed by atoms with Gasteiger partial charge in [0, 0.05) is 6.20 Å². The highest BCUT2D eigenvalue weighted by atomic mass is 16.3. The average Bonchev–Trinajstić information content (AvgIpc) is 2.90. The first-order chi connectivity index (χ1) is 5.86. The second kappa shape index (κ2) is 3.23. The molecule has 1 aromatic heterocycles. The van der Waals surface area contributed by atoms with Crippen LogP contribution in [0.4, 0.5) is 0 Å². The summed E-state index contributed by atoms with van der Waals surface area (Å²) in [4.78, 5) is 4.11. The molecular weight excluding hydrogens is 150 g/mol. The van der Waals surface area contributed by atoms with Crippen molar-refractivity contribution < 1.29 is 5.11 Å². The SMILES string of the molecule is O[C@@H](CC1CC1)c1ccccn1. The molecule has 0 spiro atoms. The minimum Gasteiger partial charge on any atom is -0.387 e. The number of hydrogen-bond acceptors (Lipinski definition) is 2. The van der Waals surface area contributed by atoms with Gasteiger partial charge in [-0.1, -0.05) is 18.9 Å². The van der Waals surface area contributed by atoms with Crippen LogP contribution in [0.15, 0.2) is 24.4 Å². The molecule has 0 aliphatic heterocycles. The van der Waals surface area contributed by atoms with Crippen LogP contribution in [-0.4, -0.2) is 10.1 Å². The van der Waals surface area contributed by atoms with E-state index in [1.807, 2.05) is 18.2 Å². The number of aliphatic hydroxyl groups is 1. The van der Waals surface area contributed by atoms with Crippen LogP contribution >= 0.6 is 0 Å². The topological polar surface area (TPSA) is 33.1 Å². The fourth-order valence-corrected chi connectivity index (χ4v) is 1.36. The smallest absolute Gasteiger partial charge is 0.0962 e. The number of nitrogens with zero attached hydrogens (tertiary/aromatic N) is 1. The van der Waals surface area contributed by atoms with E-state index in [4.69, 9.17) is 0 Å². The van der Waals surface area contributed by atoms with Gasteiger partial charge < -0.3 is 5.11 Å². The molecule has 1 aliphatic carbocycles. The standard InChI is InChI=1S/C10H13NO/c12-10(7-8-4-5-8)9-3-1-2-6-11-9/h1-3,6,8,10,12H,4-5,7H2/t10-/m0/s1. The van der Waals surface area contributed by atoms with Crippen molar-refractivity contribution in [3.8, 4) is 0 Å². The van der Waals surface area contributed by atoms with Gasteiger partial charge in [-0.3, -0.25) is 4.98 Å². The molecule has 2 heteroatoms. The number of pyridine rings is 1. The van der Waals surface area contributed by atoms with E-state index in [-0.39, 0.29) is 6.10 Å². The van der Waals surface area contributed by atoms with Gasteiger partial charge in [0.1, 0.15) is 0 Å². The average molecular weight is 163 g/mol. The third kappa shape index (κ3) is 1.83.